The number of hydrogen-bond acceptors (Lipinski definition) is 2. The first-order chi connectivity index (χ1) is 7.33. The topological polar surface area (TPSA) is 25.2 Å². The van der Waals surface area contributed by atoms with E-state index >= 15 is 0 Å². The number of fused-ring (bicyclic) bond motifs is 1. The van der Waals surface area contributed by atoms with Gasteiger partial charge in [-0.3, -0.25) is 0 Å². The van der Waals surface area contributed by atoms with Crippen LogP contribution in [0.2, 0.25) is 5.02 Å². The molecule has 80 valence electrons. The zero-order valence-electron chi connectivity index (χ0n) is 8.72. The molecule has 15 heavy (non-hydrogen) atoms. The summed E-state index contributed by atoms with van der Waals surface area (Å²) in [6, 6.07) is 5.85. The van der Waals surface area contributed by atoms with Crippen LogP contribution in [0.1, 0.15) is 12.5 Å². The van der Waals surface area contributed by atoms with Crippen LogP contribution in [-0.2, 0) is 6.42 Å². The van der Waals surface area contributed by atoms with E-state index in [0.29, 0.717) is 5.02 Å². The number of benzene rings is 1. The highest BCUT2D eigenvalue weighted by Crippen LogP contribution is 2.27. The number of furan rings is 1. The van der Waals surface area contributed by atoms with Crippen LogP contribution >= 0.6 is 11.6 Å². The highest BCUT2D eigenvalue weighted by molar-refractivity contribution is 6.34. The van der Waals surface area contributed by atoms with Gasteiger partial charge in [0.25, 0.3) is 0 Å². The molecule has 0 bridgehead atoms. The second-order valence-corrected chi connectivity index (χ2v) is 3.89. The van der Waals surface area contributed by atoms with Gasteiger partial charge in [0, 0.05) is 5.39 Å². The Morgan fingerprint density at radius 3 is 3.07 bits per heavy atom. The highest BCUT2D eigenvalue weighted by Gasteiger charge is 2.07. The largest absolute Gasteiger partial charge is 0.462 e. The van der Waals surface area contributed by atoms with E-state index in [9.17, 15) is 0 Å². The van der Waals surface area contributed by atoms with E-state index in [0.717, 1.165) is 30.5 Å². The van der Waals surface area contributed by atoms with Gasteiger partial charge >= 0.3 is 0 Å². The Hall–Kier alpha value is -0.990. The van der Waals surface area contributed by atoms with E-state index in [1.165, 1.54) is 5.56 Å². The fourth-order valence-corrected chi connectivity index (χ4v) is 1.89. The van der Waals surface area contributed by atoms with Crippen molar-refractivity contribution in [2.75, 3.05) is 13.1 Å². The molecule has 2 rings (SSSR count). The van der Waals surface area contributed by atoms with E-state index in [1.54, 1.807) is 6.26 Å². The summed E-state index contributed by atoms with van der Waals surface area (Å²) in [6.45, 7) is 4.07. The van der Waals surface area contributed by atoms with Gasteiger partial charge in [-0.1, -0.05) is 30.7 Å². The van der Waals surface area contributed by atoms with Crippen LogP contribution in [0.25, 0.3) is 11.0 Å². The van der Waals surface area contributed by atoms with Crippen molar-refractivity contribution in [3.63, 3.8) is 0 Å². The van der Waals surface area contributed by atoms with Crippen LogP contribution in [0.5, 0.6) is 0 Å². The molecule has 0 radical (unpaired) electrons. The lowest BCUT2D eigenvalue weighted by atomic mass is 10.1. The summed E-state index contributed by atoms with van der Waals surface area (Å²) in [7, 11) is 0. The maximum Gasteiger partial charge on any atom is 0.152 e. The van der Waals surface area contributed by atoms with Gasteiger partial charge in [-0.05, 0) is 31.1 Å². The summed E-state index contributed by atoms with van der Waals surface area (Å²) in [6.07, 6.45) is 2.77. The molecule has 0 unspecified atom stereocenters. The predicted molar refractivity (Wildman–Crippen MR) is 63.5 cm³/mol. The molecule has 0 aliphatic heterocycles. The molecule has 2 nitrogen and oxygen atoms in total. The average molecular weight is 224 g/mol. The first-order valence-electron chi connectivity index (χ1n) is 5.18. The van der Waals surface area contributed by atoms with Gasteiger partial charge in [0.2, 0.25) is 0 Å². The van der Waals surface area contributed by atoms with Crippen LogP contribution in [0, 0.1) is 0 Å². The van der Waals surface area contributed by atoms with Crippen molar-refractivity contribution in [2.45, 2.75) is 13.3 Å². The minimum absolute atomic E-state index is 0.683. The fourth-order valence-electron chi connectivity index (χ4n) is 1.67. The number of halogens is 1. The summed E-state index contributed by atoms with van der Waals surface area (Å²) >= 11 is 6.02. The van der Waals surface area contributed by atoms with Gasteiger partial charge in [0.1, 0.15) is 0 Å². The number of hydrogen-bond donors (Lipinski definition) is 1. The molecular weight excluding hydrogens is 210 g/mol. The number of likely N-dealkylation sites (N-methyl/N-ethyl adjacent to an activating group) is 1. The summed E-state index contributed by atoms with van der Waals surface area (Å²) in [5.41, 5.74) is 2.01. The average Bonchev–Trinajstić information content (AvgIpc) is 2.64. The Bertz CT molecular complexity index is 450. The zero-order chi connectivity index (χ0) is 10.7. The SMILES string of the molecule is CCNCCc1coc2c(Cl)cccc12. The van der Waals surface area contributed by atoms with Crippen LogP contribution in [0.4, 0.5) is 0 Å². The molecule has 1 N–H and O–H groups in total. The lowest BCUT2D eigenvalue weighted by Crippen LogP contribution is -2.15. The second kappa shape index (κ2) is 4.69. The first-order valence-corrected chi connectivity index (χ1v) is 5.56. The fraction of sp³-hybridized carbons (Fsp3) is 0.333. The quantitative estimate of drug-likeness (QED) is 0.806. The number of para-hydroxylation sites is 1. The minimum Gasteiger partial charge on any atom is -0.462 e. The van der Waals surface area contributed by atoms with Crippen molar-refractivity contribution in [1.82, 2.24) is 5.32 Å². The van der Waals surface area contributed by atoms with Gasteiger partial charge in [-0.25, -0.2) is 0 Å². The van der Waals surface area contributed by atoms with Gasteiger partial charge in [0.05, 0.1) is 11.3 Å². The van der Waals surface area contributed by atoms with Gasteiger partial charge in [0.15, 0.2) is 5.58 Å². The van der Waals surface area contributed by atoms with E-state index in [1.807, 2.05) is 18.2 Å². The van der Waals surface area contributed by atoms with Crippen LogP contribution in [0.15, 0.2) is 28.9 Å². The summed E-state index contributed by atoms with van der Waals surface area (Å²) in [5, 5.41) is 5.10. The van der Waals surface area contributed by atoms with Crippen molar-refractivity contribution in [1.29, 1.82) is 0 Å². The molecule has 0 aliphatic rings. The summed E-state index contributed by atoms with van der Waals surface area (Å²) < 4.78 is 5.45. The molecule has 1 heterocycles. The van der Waals surface area contributed by atoms with Crippen LogP contribution in [-0.4, -0.2) is 13.1 Å². The maximum atomic E-state index is 6.02. The third-order valence-corrected chi connectivity index (χ3v) is 2.75. The zero-order valence-corrected chi connectivity index (χ0v) is 9.47. The number of rotatable bonds is 4. The van der Waals surface area contributed by atoms with Crippen molar-refractivity contribution in [2.24, 2.45) is 0 Å². The standard InChI is InChI=1S/C12H14ClNO/c1-2-14-7-6-9-8-15-12-10(9)4-3-5-11(12)13/h3-5,8,14H,2,6-7H2,1H3. The monoisotopic (exact) mass is 223 g/mol. The predicted octanol–water partition coefficient (Wildman–Crippen LogP) is 3.24. The van der Waals surface area contributed by atoms with Gasteiger partial charge < -0.3 is 9.73 Å². The highest BCUT2D eigenvalue weighted by atomic mass is 35.5. The normalized spacial score (nSPS) is 11.1. The maximum absolute atomic E-state index is 6.02. The molecule has 0 atom stereocenters. The van der Waals surface area contributed by atoms with Crippen molar-refractivity contribution < 1.29 is 4.42 Å². The van der Waals surface area contributed by atoms with Gasteiger partial charge in [-0.15, -0.1) is 0 Å². The van der Waals surface area contributed by atoms with Crippen LogP contribution in [0.3, 0.4) is 0 Å². The molecule has 0 saturated carbocycles. The molecule has 0 saturated heterocycles. The van der Waals surface area contributed by atoms with Gasteiger partial charge in [-0.2, -0.15) is 0 Å². The third kappa shape index (κ3) is 2.16. The number of nitrogens with one attached hydrogen (secondary N) is 1. The van der Waals surface area contributed by atoms with E-state index in [4.69, 9.17) is 16.0 Å². The molecule has 0 aliphatic carbocycles. The van der Waals surface area contributed by atoms with E-state index in [-0.39, 0.29) is 0 Å². The Morgan fingerprint density at radius 1 is 1.40 bits per heavy atom. The molecule has 0 amide bonds. The van der Waals surface area contributed by atoms with Crippen molar-refractivity contribution in [3.05, 3.63) is 35.0 Å². The summed E-state index contributed by atoms with van der Waals surface area (Å²) in [5.74, 6) is 0. The molecule has 2 aromatic rings. The van der Waals surface area contributed by atoms with E-state index < -0.39 is 0 Å². The summed E-state index contributed by atoms with van der Waals surface area (Å²) in [4.78, 5) is 0. The van der Waals surface area contributed by atoms with Crippen molar-refractivity contribution >= 4 is 22.6 Å². The van der Waals surface area contributed by atoms with E-state index in [2.05, 4.69) is 12.2 Å². The lowest BCUT2D eigenvalue weighted by molar-refractivity contribution is 0.607. The molecule has 1 aromatic carbocycles. The molecular formula is C12H14ClNO. The lowest BCUT2D eigenvalue weighted by Gasteiger charge is -1.99. The molecule has 1 aromatic heterocycles. The smallest absolute Gasteiger partial charge is 0.152 e. The minimum atomic E-state index is 0.683. The van der Waals surface area contributed by atoms with Crippen molar-refractivity contribution in [3.8, 4) is 0 Å². The molecule has 3 heteroatoms. The first kappa shape index (κ1) is 10.5. The third-order valence-electron chi connectivity index (χ3n) is 2.45. The Labute approximate surface area is 94.2 Å². The van der Waals surface area contributed by atoms with Crippen LogP contribution < -0.4 is 5.32 Å². The molecule has 0 fully saturated rings. The second-order valence-electron chi connectivity index (χ2n) is 3.48. The Morgan fingerprint density at radius 2 is 2.27 bits per heavy atom. The Balaban J connectivity index is 2.25. The molecule has 0 spiro atoms. The Kier molecular flexibility index (Phi) is 3.29.